The van der Waals surface area contributed by atoms with Crippen LogP contribution in [0, 0.1) is 15.9 Å². The fourth-order valence-electron chi connectivity index (χ4n) is 3.57. The molecule has 1 saturated heterocycles. The second-order valence-corrected chi connectivity index (χ2v) is 6.95. The van der Waals surface area contributed by atoms with E-state index in [1.165, 1.54) is 48.5 Å². The first-order valence-corrected chi connectivity index (χ1v) is 9.38. The molecule has 9 heteroatoms. The highest BCUT2D eigenvalue weighted by molar-refractivity contribution is 6.35. The molecule has 0 aromatic heterocycles. The van der Waals surface area contributed by atoms with Crippen LogP contribution in [0.5, 0.6) is 0 Å². The average molecular weight is 411 g/mol. The van der Waals surface area contributed by atoms with Crippen molar-refractivity contribution in [1.82, 2.24) is 9.80 Å². The van der Waals surface area contributed by atoms with E-state index in [1.54, 1.807) is 0 Å². The van der Waals surface area contributed by atoms with E-state index in [4.69, 9.17) is 4.74 Å². The minimum absolute atomic E-state index is 0.00225. The zero-order valence-electron chi connectivity index (χ0n) is 15.9. The predicted molar refractivity (Wildman–Crippen MR) is 104 cm³/mol. The molecule has 30 heavy (non-hydrogen) atoms. The largest absolute Gasteiger partial charge is 0.378 e. The quantitative estimate of drug-likeness (QED) is 0.426. The molecule has 2 aromatic rings. The van der Waals surface area contributed by atoms with Gasteiger partial charge in [-0.2, -0.15) is 0 Å². The van der Waals surface area contributed by atoms with Crippen LogP contribution in [0.3, 0.4) is 0 Å². The van der Waals surface area contributed by atoms with Crippen LogP contribution < -0.4 is 0 Å². The van der Waals surface area contributed by atoms with E-state index in [-0.39, 0.29) is 23.5 Å². The van der Waals surface area contributed by atoms with Crippen LogP contribution in [0.2, 0.25) is 0 Å². The molecule has 0 bridgehead atoms. The van der Waals surface area contributed by atoms with Gasteiger partial charge in [0, 0.05) is 25.2 Å². The summed E-state index contributed by atoms with van der Waals surface area (Å²) in [5.74, 6) is -1.34. The summed E-state index contributed by atoms with van der Waals surface area (Å²) in [4.78, 5) is 39.8. The van der Waals surface area contributed by atoms with Crippen LogP contribution in [-0.2, 0) is 20.9 Å². The molecule has 0 saturated carbocycles. The van der Waals surface area contributed by atoms with E-state index >= 15 is 0 Å². The number of benzene rings is 2. The third kappa shape index (κ3) is 3.67. The summed E-state index contributed by atoms with van der Waals surface area (Å²) in [6.45, 7) is 1.76. The second-order valence-electron chi connectivity index (χ2n) is 6.95. The number of hydrogen-bond donors (Lipinski definition) is 0. The smallest absolute Gasteiger partial charge is 0.278 e. The van der Waals surface area contributed by atoms with Gasteiger partial charge in [-0.15, -0.1) is 0 Å². The number of carbonyl (C=O) groups excluding carboxylic acids is 2. The Hall–Kier alpha value is -3.59. The predicted octanol–water partition coefficient (Wildman–Crippen LogP) is 2.35. The first kappa shape index (κ1) is 19.7. The number of hydrogen-bond acceptors (Lipinski definition) is 6. The maximum Gasteiger partial charge on any atom is 0.278 e. The van der Waals surface area contributed by atoms with Crippen molar-refractivity contribution in [3.05, 3.63) is 81.3 Å². The topological polar surface area (TPSA) is 93.0 Å². The number of ether oxygens (including phenoxy) is 1. The Balaban J connectivity index is 1.72. The maximum absolute atomic E-state index is 13.2. The van der Waals surface area contributed by atoms with E-state index < -0.39 is 22.6 Å². The van der Waals surface area contributed by atoms with Crippen LogP contribution in [0.25, 0.3) is 5.57 Å². The van der Waals surface area contributed by atoms with Crippen LogP contribution in [0.4, 0.5) is 10.1 Å². The fraction of sp³-hybridized carbons (Fsp3) is 0.238. The Morgan fingerprint density at radius 2 is 1.60 bits per heavy atom. The number of rotatable bonds is 5. The van der Waals surface area contributed by atoms with E-state index in [2.05, 4.69) is 0 Å². The highest BCUT2D eigenvalue weighted by atomic mass is 19.1. The maximum atomic E-state index is 13.2. The van der Waals surface area contributed by atoms with E-state index in [0.29, 0.717) is 37.4 Å². The zero-order chi connectivity index (χ0) is 21.3. The number of morpholine rings is 1. The molecular weight excluding hydrogens is 393 g/mol. The SMILES string of the molecule is O=C1C(c2ccc([N+](=O)[O-])cc2)=C(N2CCOCC2)C(=O)N1Cc1ccc(F)cc1. The van der Waals surface area contributed by atoms with Crippen LogP contribution in [-0.4, -0.2) is 52.8 Å². The van der Waals surface area contributed by atoms with Gasteiger partial charge in [0.2, 0.25) is 0 Å². The molecule has 2 amide bonds. The monoisotopic (exact) mass is 411 g/mol. The average Bonchev–Trinajstić information content (AvgIpc) is 3.00. The molecule has 2 aromatic carbocycles. The third-order valence-corrected chi connectivity index (χ3v) is 5.09. The Morgan fingerprint density at radius 1 is 0.967 bits per heavy atom. The number of imide groups is 1. The van der Waals surface area contributed by atoms with Gasteiger partial charge in [-0.05, 0) is 35.4 Å². The van der Waals surface area contributed by atoms with Crippen molar-refractivity contribution in [3.63, 3.8) is 0 Å². The molecule has 0 N–H and O–H groups in total. The lowest BCUT2D eigenvalue weighted by molar-refractivity contribution is -0.384. The van der Waals surface area contributed by atoms with Crippen LogP contribution in [0.15, 0.2) is 54.2 Å². The van der Waals surface area contributed by atoms with E-state index in [1.807, 2.05) is 4.90 Å². The summed E-state index contributed by atoms with van der Waals surface area (Å²) in [6.07, 6.45) is 0. The van der Waals surface area contributed by atoms with Crippen molar-refractivity contribution in [2.75, 3.05) is 26.3 Å². The summed E-state index contributed by atoms with van der Waals surface area (Å²) in [5.41, 5.74) is 1.41. The van der Waals surface area contributed by atoms with Crippen molar-refractivity contribution < 1.29 is 23.6 Å². The van der Waals surface area contributed by atoms with Gasteiger partial charge in [-0.3, -0.25) is 24.6 Å². The summed E-state index contributed by atoms with van der Waals surface area (Å²) in [5, 5.41) is 11.0. The molecular formula is C21H18FN3O5. The summed E-state index contributed by atoms with van der Waals surface area (Å²) in [6, 6.07) is 11.1. The molecule has 0 unspecified atom stereocenters. The molecule has 2 aliphatic rings. The number of nitrogens with zero attached hydrogens (tertiary/aromatic N) is 3. The molecule has 4 rings (SSSR count). The van der Waals surface area contributed by atoms with Gasteiger partial charge in [0.25, 0.3) is 17.5 Å². The van der Waals surface area contributed by atoms with E-state index in [0.717, 1.165) is 4.90 Å². The zero-order valence-corrected chi connectivity index (χ0v) is 15.9. The van der Waals surface area contributed by atoms with Gasteiger partial charge in [-0.25, -0.2) is 4.39 Å². The highest BCUT2D eigenvalue weighted by Crippen LogP contribution is 2.33. The van der Waals surface area contributed by atoms with Gasteiger partial charge in [0.15, 0.2) is 0 Å². The number of amides is 2. The van der Waals surface area contributed by atoms with Crippen LogP contribution >= 0.6 is 0 Å². The van der Waals surface area contributed by atoms with Crippen molar-refractivity contribution in [2.24, 2.45) is 0 Å². The number of carbonyl (C=O) groups is 2. The molecule has 154 valence electrons. The van der Waals surface area contributed by atoms with Gasteiger partial charge in [-0.1, -0.05) is 12.1 Å². The minimum Gasteiger partial charge on any atom is -0.378 e. The lowest BCUT2D eigenvalue weighted by atomic mass is 10.0. The van der Waals surface area contributed by atoms with Crippen molar-refractivity contribution >= 4 is 23.1 Å². The first-order chi connectivity index (χ1) is 14.5. The molecule has 2 heterocycles. The molecule has 0 atom stereocenters. The van der Waals surface area contributed by atoms with Crippen LogP contribution in [0.1, 0.15) is 11.1 Å². The minimum atomic E-state index is -0.524. The second kappa shape index (κ2) is 8.03. The molecule has 2 aliphatic heterocycles. The van der Waals surface area contributed by atoms with Gasteiger partial charge < -0.3 is 9.64 Å². The van der Waals surface area contributed by atoms with Gasteiger partial charge in [0.1, 0.15) is 11.5 Å². The number of nitro groups is 1. The molecule has 8 nitrogen and oxygen atoms in total. The van der Waals surface area contributed by atoms with Gasteiger partial charge in [0.05, 0.1) is 30.3 Å². The fourth-order valence-corrected chi connectivity index (χ4v) is 3.57. The number of non-ortho nitro benzene ring substituents is 1. The van der Waals surface area contributed by atoms with Crippen molar-refractivity contribution in [2.45, 2.75) is 6.54 Å². The molecule has 0 radical (unpaired) electrons. The molecule has 0 aliphatic carbocycles. The number of halogens is 1. The van der Waals surface area contributed by atoms with Gasteiger partial charge >= 0.3 is 0 Å². The van der Waals surface area contributed by atoms with E-state index in [9.17, 15) is 24.1 Å². The Kier molecular flexibility index (Phi) is 5.28. The summed E-state index contributed by atoms with van der Waals surface area (Å²) >= 11 is 0. The Bertz CT molecular complexity index is 1030. The highest BCUT2D eigenvalue weighted by Gasteiger charge is 2.41. The molecule has 0 spiro atoms. The normalized spacial score (nSPS) is 17.1. The van der Waals surface area contributed by atoms with Crippen molar-refractivity contribution in [3.8, 4) is 0 Å². The summed E-state index contributed by atoms with van der Waals surface area (Å²) < 4.78 is 18.6. The van der Waals surface area contributed by atoms with Crippen molar-refractivity contribution in [1.29, 1.82) is 0 Å². The standard InChI is InChI=1S/C21H18FN3O5/c22-16-5-1-14(2-6-16)13-24-20(26)18(15-3-7-17(8-4-15)25(28)29)19(21(24)27)23-9-11-30-12-10-23/h1-8H,9-13H2. The lowest BCUT2D eigenvalue weighted by Crippen LogP contribution is -2.40. The number of nitro benzene ring substituents is 1. The summed E-state index contributed by atoms with van der Waals surface area (Å²) in [7, 11) is 0. The Labute approximate surface area is 171 Å². The third-order valence-electron chi connectivity index (χ3n) is 5.09. The Morgan fingerprint density at radius 3 is 2.20 bits per heavy atom. The lowest BCUT2D eigenvalue weighted by Gasteiger charge is -2.29. The first-order valence-electron chi connectivity index (χ1n) is 9.38. The molecule has 1 fully saturated rings.